The number of rotatable bonds is 1. The van der Waals surface area contributed by atoms with Gasteiger partial charge in [0.2, 0.25) is 0 Å². The highest BCUT2D eigenvalue weighted by Gasteiger charge is 2.66. The molecule has 4 nitrogen and oxygen atoms in total. The van der Waals surface area contributed by atoms with E-state index in [1.807, 2.05) is 6.92 Å². The Morgan fingerprint density at radius 1 is 1.17 bits per heavy atom. The summed E-state index contributed by atoms with van der Waals surface area (Å²) < 4.78 is 6.02. The Labute approximate surface area is 143 Å². The quantitative estimate of drug-likeness (QED) is 0.583. The monoisotopic (exact) mass is 332 g/mol. The van der Waals surface area contributed by atoms with Crippen LogP contribution in [0.15, 0.2) is 12.2 Å². The van der Waals surface area contributed by atoms with Gasteiger partial charge in [0.05, 0.1) is 5.41 Å². The highest BCUT2D eigenvalue weighted by Crippen LogP contribution is 2.67. The van der Waals surface area contributed by atoms with Gasteiger partial charge in [0, 0.05) is 11.5 Å². The molecule has 0 aromatic rings. The molecule has 3 saturated carbocycles. The second-order valence-corrected chi connectivity index (χ2v) is 9.18. The molecule has 0 aromatic heterocycles. The Morgan fingerprint density at radius 2 is 1.92 bits per heavy atom. The highest BCUT2D eigenvalue weighted by atomic mass is 16.6. The van der Waals surface area contributed by atoms with Gasteiger partial charge < -0.3 is 9.84 Å². The number of carboxylic acid groups (broad SMARTS) is 1. The second kappa shape index (κ2) is 4.86. The Balaban J connectivity index is 1.74. The van der Waals surface area contributed by atoms with Gasteiger partial charge >= 0.3 is 11.9 Å². The predicted molar refractivity (Wildman–Crippen MR) is 89.2 cm³/mol. The predicted octanol–water partition coefficient (Wildman–Crippen LogP) is 3.95. The number of esters is 1. The maximum absolute atomic E-state index is 12.3. The van der Waals surface area contributed by atoms with Crippen LogP contribution in [0, 0.1) is 28.6 Å². The molecule has 1 saturated heterocycles. The van der Waals surface area contributed by atoms with Crippen LogP contribution < -0.4 is 0 Å². The molecule has 4 aliphatic rings. The van der Waals surface area contributed by atoms with Crippen LogP contribution in [0.25, 0.3) is 0 Å². The molecule has 0 aromatic carbocycles. The second-order valence-electron chi connectivity index (χ2n) is 9.18. The topological polar surface area (TPSA) is 63.6 Å². The van der Waals surface area contributed by atoms with Gasteiger partial charge in [-0.15, -0.1) is 0 Å². The van der Waals surface area contributed by atoms with Crippen molar-refractivity contribution in [3.63, 3.8) is 0 Å². The molecule has 0 amide bonds. The standard InChI is InChI=1S/C20H28O4/c1-12-13-5-6-15-18(2)8-4-9-19(3,17(22)23)14(18)7-10-20(15,11-13)24-16(12)21/h13-15H,1,4-11H2,2-3H3,(H,22,23)/t13-,14+,15+,18-,19+,20-/m1/s1. The molecular weight excluding hydrogens is 304 g/mol. The summed E-state index contributed by atoms with van der Waals surface area (Å²) in [7, 11) is 0. The van der Waals surface area contributed by atoms with Crippen molar-refractivity contribution >= 4 is 11.9 Å². The minimum atomic E-state index is -0.655. The summed E-state index contributed by atoms with van der Waals surface area (Å²) in [5.41, 5.74) is -0.421. The van der Waals surface area contributed by atoms with Crippen molar-refractivity contribution in [2.75, 3.05) is 0 Å². The van der Waals surface area contributed by atoms with E-state index in [2.05, 4.69) is 13.5 Å². The Morgan fingerprint density at radius 3 is 2.62 bits per heavy atom. The number of carboxylic acids is 1. The third kappa shape index (κ3) is 1.86. The van der Waals surface area contributed by atoms with E-state index in [0.717, 1.165) is 51.4 Å². The number of hydrogen-bond donors (Lipinski definition) is 1. The molecule has 1 heterocycles. The van der Waals surface area contributed by atoms with E-state index in [4.69, 9.17) is 4.74 Å². The first-order valence-electron chi connectivity index (χ1n) is 9.38. The average Bonchev–Trinajstić information content (AvgIpc) is 2.52. The van der Waals surface area contributed by atoms with E-state index >= 15 is 0 Å². The molecule has 4 heteroatoms. The van der Waals surface area contributed by atoms with Gasteiger partial charge in [-0.05, 0) is 69.1 Å². The van der Waals surface area contributed by atoms with Gasteiger partial charge in [-0.2, -0.15) is 0 Å². The summed E-state index contributed by atoms with van der Waals surface area (Å²) in [5.74, 6) is -0.146. The first-order valence-corrected chi connectivity index (χ1v) is 9.38. The van der Waals surface area contributed by atoms with Gasteiger partial charge in [-0.3, -0.25) is 4.79 Å². The molecule has 1 aliphatic heterocycles. The van der Waals surface area contributed by atoms with Crippen LogP contribution in [0.3, 0.4) is 0 Å². The van der Waals surface area contributed by atoms with Gasteiger partial charge in [0.1, 0.15) is 5.60 Å². The van der Waals surface area contributed by atoms with Gasteiger partial charge in [-0.25, -0.2) is 4.79 Å². The highest BCUT2D eigenvalue weighted by molar-refractivity contribution is 5.89. The van der Waals surface area contributed by atoms with Crippen LogP contribution in [0.4, 0.5) is 0 Å². The molecule has 1 N–H and O–H groups in total. The maximum atomic E-state index is 12.3. The number of carbonyl (C=O) groups is 2. The SMILES string of the molecule is C=C1C(=O)O[C@@]23CC[C@H]4[C@@](C)(CCC[C@]4(C)C(=O)O)[C@@H]2CC[C@@H]1C3. The van der Waals surface area contributed by atoms with Crippen molar-refractivity contribution < 1.29 is 19.4 Å². The lowest BCUT2D eigenvalue weighted by molar-refractivity contribution is -0.229. The van der Waals surface area contributed by atoms with Crippen LogP contribution in [0.1, 0.15) is 65.2 Å². The van der Waals surface area contributed by atoms with Crippen molar-refractivity contribution in [1.29, 1.82) is 0 Å². The lowest BCUT2D eigenvalue weighted by atomic mass is 9.42. The first-order chi connectivity index (χ1) is 11.2. The van der Waals surface area contributed by atoms with Crippen LogP contribution in [-0.2, 0) is 14.3 Å². The molecule has 6 atom stereocenters. The summed E-state index contributed by atoms with van der Waals surface area (Å²) in [6.45, 7) is 8.16. The number of ether oxygens (including phenoxy) is 1. The lowest BCUT2D eigenvalue weighted by Crippen LogP contribution is -2.64. The summed E-state index contributed by atoms with van der Waals surface area (Å²) in [5, 5.41) is 9.90. The molecule has 0 unspecified atom stereocenters. The summed E-state index contributed by atoms with van der Waals surface area (Å²) in [6.07, 6.45) is 7.35. The molecule has 3 aliphatic carbocycles. The number of aliphatic carboxylic acids is 1. The molecule has 2 bridgehead atoms. The van der Waals surface area contributed by atoms with Crippen LogP contribution in [0.2, 0.25) is 0 Å². The van der Waals surface area contributed by atoms with Crippen molar-refractivity contribution in [2.45, 2.75) is 70.8 Å². The molecule has 0 radical (unpaired) electrons. The van der Waals surface area contributed by atoms with E-state index in [1.165, 1.54) is 0 Å². The summed E-state index contributed by atoms with van der Waals surface area (Å²) in [6, 6.07) is 0. The van der Waals surface area contributed by atoms with E-state index in [1.54, 1.807) is 0 Å². The van der Waals surface area contributed by atoms with Crippen molar-refractivity contribution in [2.24, 2.45) is 28.6 Å². The largest absolute Gasteiger partial charge is 0.481 e. The maximum Gasteiger partial charge on any atom is 0.334 e. The third-order valence-corrected chi connectivity index (χ3v) is 8.20. The molecule has 132 valence electrons. The zero-order valence-electron chi connectivity index (χ0n) is 14.8. The zero-order valence-corrected chi connectivity index (χ0v) is 14.8. The Hall–Kier alpha value is -1.32. The molecule has 1 spiro atoms. The van der Waals surface area contributed by atoms with Crippen molar-refractivity contribution in [1.82, 2.24) is 0 Å². The Kier molecular flexibility index (Phi) is 3.27. The van der Waals surface area contributed by atoms with Crippen molar-refractivity contribution in [3.05, 3.63) is 12.2 Å². The van der Waals surface area contributed by atoms with E-state index in [0.29, 0.717) is 5.57 Å². The fourth-order valence-electron chi connectivity index (χ4n) is 7.00. The van der Waals surface area contributed by atoms with Gasteiger partial charge in [0.25, 0.3) is 0 Å². The fraction of sp³-hybridized carbons (Fsp3) is 0.800. The van der Waals surface area contributed by atoms with Crippen LogP contribution in [-0.4, -0.2) is 22.6 Å². The number of carbonyl (C=O) groups excluding carboxylic acids is 1. The first kappa shape index (κ1) is 16.2. The third-order valence-electron chi connectivity index (χ3n) is 8.20. The van der Waals surface area contributed by atoms with Crippen LogP contribution >= 0.6 is 0 Å². The smallest absolute Gasteiger partial charge is 0.334 e. The van der Waals surface area contributed by atoms with Gasteiger partial charge in [0.15, 0.2) is 0 Å². The minimum Gasteiger partial charge on any atom is -0.481 e. The molecule has 4 fully saturated rings. The number of hydrogen-bond acceptors (Lipinski definition) is 3. The number of fused-ring (bicyclic) bond motifs is 3. The van der Waals surface area contributed by atoms with E-state index < -0.39 is 11.4 Å². The Bertz CT molecular complexity index is 625. The van der Waals surface area contributed by atoms with Gasteiger partial charge in [-0.1, -0.05) is 19.9 Å². The molecule has 24 heavy (non-hydrogen) atoms. The zero-order chi connectivity index (χ0) is 17.3. The molecule has 4 rings (SSSR count). The van der Waals surface area contributed by atoms with E-state index in [9.17, 15) is 14.7 Å². The lowest BCUT2D eigenvalue weighted by Gasteiger charge is -2.65. The summed E-state index contributed by atoms with van der Waals surface area (Å²) >= 11 is 0. The average molecular weight is 332 g/mol. The normalized spacial score (nSPS) is 50.5. The van der Waals surface area contributed by atoms with E-state index in [-0.39, 0.29) is 34.7 Å². The molecular formula is C20H28O4. The van der Waals surface area contributed by atoms with Crippen LogP contribution in [0.5, 0.6) is 0 Å². The fourth-order valence-corrected chi connectivity index (χ4v) is 7.00. The minimum absolute atomic E-state index is 0.0481. The van der Waals surface area contributed by atoms with Crippen molar-refractivity contribution in [3.8, 4) is 0 Å². The summed E-state index contributed by atoms with van der Waals surface area (Å²) in [4.78, 5) is 24.4.